The number of amidine groups is 1. The van der Waals surface area contributed by atoms with Crippen LogP contribution in [0.15, 0.2) is 41.6 Å². The molecule has 7 nitrogen and oxygen atoms in total. The number of carboxylic acid groups (broad SMARTS) is 1. The number of nitrogens with zero attached hydrogens (tertiary/aromatic N) is 3. The lowest BCUT2D eigenvalue weighted by atomic mass is 9.80. The molecule has 7 rings (SSSR count). The van der Waals surface area contributed by atoms with Crippen molar-refractivity contribution in [1.82, 2.24) is 9.80 Å². The second-order valence-corrected chi connectivity index (χ2v) is 13.3. The van der Waals surface area contributed by atoms with E-state index in [-0.39, 0.29) is 24.4 Å². The second-order valence-electron chi connectivity index (χ2n) is 13.3. The van der Waals surface area contributed by atoms with Gasteiger partial charge in [0.25, 0.3) is 5.92 Å². The second kappa shape index (κ2) is 9.89. The minimum atomic E-state index is -2.66. The van der Waals surface area contributed by atoms with Gasteiger partial charge in [-0.3, -0.25) is 9.69 Å². The molecule has 4 fully saturated rings. The van der Waals surface area contributed by atoms with Crippen molar-refractivity contribution in [2.45, 2.75) is 69.4 Å². The molecule has 0 amide bonds. The normalized spacial score (nSPS) is 25.5. The van der Waals surface area contributed by atoms with Crippen LogP contribution in [0.25, 0.3) is 11.1 Å². The van der Waals surface area contributed by atoms with Gasteiger partial charge in [-0.25, -0.2) is 13.2 Å². The Kier molecular flexibility index (Phi) is 6.49. The SMILES string of the molecule is CC1(C(=O)O)CCN(C2=NOC3(C2)CN(Cc2cc(OCC4CC4(F)F)c(-c4ccc(F)cc4)c(C4CC4)c2)C3)CC1. The number of aliphatic carboxylic acids is 1. The number of oxime groups is 1. The predicted octanol–water partition coefficient (Wildman–Crippen LogP) is 5.88. The Hall–Kier alpha value is -3.27. The number of ether oxygens (including phenoxy) is 1. The van der Waals surface area contributed by atoms with E-state index >= 15 is 0 Å². The molecule has 5 aliphatic rings. The average Bonchev–Trinajstić information content (AvgIpc) is 3.84. The number of hydrogen-bond acceptors (Lipinski definition) is 6. The fourth-order valence-corrected chi connectivity index (χ4v) is 6.64. The first kappa shape index (κ1) is 27.6. The molecule has 3 heterocycles. The number of likely N-dealkylation sites (tertiary alicyclic amines) is 2. The number of benzene rings is 2. The number of rotatable bonds is 8. The van der Waals surface area contributed by atoms with E-state index in [1.54, 1.807) is 12.1 Å². The van der Waals surface area contributed by atoms with Gasteiger partial charge < -0.3 is 19.6 Å². The van der Waals surface area contributed by atoms with Crippen molar-refractivity contribution in [2.75, 3.05) is 32.8 Å². The molecule has 1 N–H and O–H groups in total. The molecule has 0 bridgehead atoms. The summed E-state index contributed by atoms with van der Waals surface area (Å²) in [6.07, 6.45) is 3.83. The topological polar surface area (TPSA) is 74.6 Å². The lowest BCUT2D eigenvalue weighted by Crippen LogP contribution is -2.61. The van der Waals surface area contributed by atoms with Gasteiger partial charge >= 0.3 is 5.97 Å². The first-order chi connectivity index (χ1) is 20.0. The Morgan fingerprint density at radius 2 is 1.83 bits per heavy atom. The average molecular weight is 584 g/mol. The Labute approximate surface area is 243 Å². The predicted molar refractivity (Wildman–Crippen MR) is 150 cm³/mol. The van der Waals surface area contributed by atoms with Crippen LogP contribution in [0.2, 0.25) is 0 Å². The van der Waals surface area contributed by atoms with Crippen LogP contribution in [0, 0.1) is 17.2 Å². The molecule has 2 saturated carbocycles. The number of carboxylic acids is 1. The summed E-state index contributed by atoms with van der Waals surface area (Å²) in [6, 6.07) is 10.5. The lowest BCUT2D eigenvalue weighted by molar-refractivity contribution is -0.150. The van der Waals surface area contributed by atoms with Crippen LogP contribution in [-0.4, -0.2) is 71.0 Å². The molecule has 0 radical (unpaired) electrons. The number of alkyl halides is 2. The fourth-order valence-electron chi connectivity index (χ4n) is 6.64. The Bertz CT molecular complexity index is 1410. The molecule has 0 aromatic heterocycles. The maximum Gasteiger partial charge on any atom is 0.309 e. The Morgan fingerprint density at radius 3 is 2.45 bits per heavy atom. The molecular formula is C32H36F3N3O4. The van der Waals surface area contributed by atoms with Crippen molar-refractivity contribution in [2.24, 2.45) is 16.5 Å². The van der Waals surface area contributed by atoms with E-state index in [1.807, 2.05) is 13.0 Å². The van der Waals surface area contributed by atoms with Gasteiger partial charge in [-0.05, 0) is 73.4 Å². The zero-order valence-electron chi connectivity index (χ0n) is 23.8. The summed E-state index contributed by atoms with van der Waals surface area (Å²) in [5.41, 5.74) is 2.84. The van der Waals surface area contributed by atoms with E-state index in [0.717, 1.165) is 40.9 Å². The number of hydrogen-bond donors (Lipinski definition) is 1. The summed E-state index contributed by atoms with van der Waals surface area (Å²) in [4.78, 5) is 22.0. The van der Waals surface area contributed by atoms with Crippen LogP contribution < -0.4 is 4.74 Å². The molecule has 3 aliphatic heterocycles. The molecular weight excluding hydrogens is 547 g/mol. The number of piperidine rings is 1. The number of carbonyl (C=O) groups is 1. The summed E-state index contributed by atoms with van der Waals surface area (Å²) < 4.78 is 47.2. The first-order valence-electron chi connectivity index (χ1n) is 14.9. The minimum Gasteiger partial charge on any atom is -0.492 e. The first-order valence-corrected chi connectivity index (χ1v) is 14.9. The van der Waals surface area contributed by atoms with E-state index in [1.165, 1.54) is 12.1 Å². The van der Waals surface area contributed by atoms with Crippen molar-refractivity contribution >= 4 is 11.8 Å². The molecule has 1 spiro atoms. The minimum absolute atomic E-state index is 0.0440. The summed E-state index contributed by atoms with van der Waals surface area (Å²) in [7, 11) is 0. The number of halogens is 3. The molecule has 224 valence electrons. The molecule has 2 aliphatic carbocycles. The van der Waals surface area contributed by atoms with Gasteiger partial charge in [-0.2, -0.15) is 0 Å². The highest BCUT2D eigenvalue weighted by Crippen LogP contribution is 2.51. The Morgan fingerprint density at radius 1 is 1.14 bits per heavy atom. The smallest absolute Gasteiger partial charge is 0.309 e. The van der Waals surface area contributed by atoms with E-state index in [2.05, 4.69) is 21.0 Å². The molecule has 42 heavy (non-hydrogen) atoms. The zero-order valence-corrected chi connectivity index (χ0v) is 23.8. The standard InChI is InChI=1S/C32H36F3N3O4/c1-30(29(39)40)8-10-38(11-9-30)27-15-31(42-36-27)18-37(19-31)16-20-12-25(21-2-3-21)28(22-4-6-24(33)7-5-22)26(13-20)41-17-23-14-32(23,34)35/h4-7,12-13,21,23H,2-3,8-11,14-19H2,1H3,(H,39,40). The molecule has 2 aromatic rings. The van der Waals surface area contributed by atoms with Crippen molar-refractivity contribution in [3.8, 4) is 16.9 Å². The maximum absolute atomic E-state index is 13.7. The summed E-state index contributed by atoms with van der Waals surface area (Å²) in [5, 5.41) is 13.9. The highest BCUT2D eigenvalue weighted by molar-refractivity contribution is 5.85. The molecule has 10 heteroatoms. The van der Waals surface area contributed by atoms with Gasteiger partial charge in [0.05, 0.1) is 24.4 Å². The summed E-state index contributed by atoms with van der Waals surface area (Å²) in [5.74, 6) is -2.64. The van der Waals surface area contributed by atoms with Gasteiger partial charge in [0.2, 0.25) is 0 Å². The van der Waals surface area contributed by atoms with Crippen molar-refractivity contribution in [3.05, 3.63) is 53.3 Å². The quantitative estimate of drug-likeness (QED) is 0.419. The van der Waals surface area contributed by atoms with Crippen molar-refractivity contribution in [3.63, 3.8) is 0 Å². The van der Waals surface area contributed by atoms with Crippen LogP contribution in [0.4, 0.5) is 13.2 Å². The molecule has 2 saturated heterocycles. The van der Waals surface area contributed by atoms with Crippen molar-refractivity contribution in [1.29, 1.82) is 0 Å². The van der Waals surface area contributed by atoms with E-state index in [9.17, 15) is 23.1 Å². The van der Waals surface area contributed by atoms with Crippen LogP contribution >= 0.6 is 0 Å². The summed E-state index contributed by atoms with van der Waals surface area (Å²) in [6.45, 7) is 5.17. The zero-order chi connectivity index (χ0) is 29.3. The van der Waals surface area contributed by atoms with Crippen LogP contribution in [0.5, 0.6) is 5.75 Å². The largest absolute Gasteiger partial charge is 0.492 e. The molecule has 2 aromatic carbocycles. The Balaban J connectivity index is 1.04. The van der Waals surface area contributed by atoms with Gasteiger partial charge in [0, 0.05) is 44.7 Å². The van der Waals surface area contributed by atoms with E-state index < -0.39 is 23.2 Å². The van der Waals surface area contributed by atoms with Gasteiger partial charge in [0.15, 0.2) is 5.60 Å². The highest BCUT2D eigenvalue weighted by Gasteiger charge is 2.57. The van der Waals surface area contributed by atoms with Gasteiger partial charge in [-0.1, -0.05) is 23.4 Å². The summed E-state index contributed by atoms with van der Waals surface area (Å²) >= 11 is 0. The van der Waals surface area contributed by atoms with Crippen molar-refractivity contribution < 1.29 is 32.6 Å². The lowest BCUT2D eigenvalue weighted by Gasteiger charge is -2.46. The van der Waals surface area contributed by atoms with E-state index in [0.29, 0.717) is 63.7 Å². The van der Waals surface area contributed by atoms with E-state index in [4.69, 9.17) is 9.57 Å². The third-order valence-electron chi connectivity index (χ3n) is 9.74. The maximum atomic E-state index is 13.7. The molecule has 1 atom stereocenters. The van der Waals surface area contributed by atoms with Crippen LogP contribution in [-0.2, 0) is 16.2 Å². The molecule has 1 unspecified atom stereocenters. The van der Waals surface area contributed by atoms with Crippen LogP contribution in [0.3, 0.4) is 0 Å². The highest BCUT2D eigenvalue weighted by atomic mass is 19.3. The fraction of sp³-hybridized carbons (Fsp3) is 0.562. The van der Waals surface area contributed by atoms with Gasteiger partial charge in [-0.15, -0.1) is 0 Å². The van der Waals surface area contributed by atoms with Gasteiger partial charge in [0.1, 0.15) is 17.4 Å². The third kappa shape index (κ3) is 5.23. The monoisotopic (exact) mass is 583 g/mol. The van der Waals surface area contributed by atoms with Crippen LogP contribution in [0.1, 0.15) is 62.5 Å². The third-order valence-corrected chi connectivity index (χ3v) is 9.74.